The lowest BCUT2D eigenvalue weighted by Crippen LogP contribution is -2.03. The summed E-state index contributed by atoms with van der Waals surface area (Å²) in [5.74, 6) is 0. The molecule has 0 spiro atoms. The molecule has 0 bridgehead atoms. The van der Waals surface area contributed by atoms with Crippen LogP contribution in [0.1, 0.15) is 0 Å². The zero-order valence-corrected chi connectivity index (χ0v) is 8.39. The van der Waals surface area contributed by atoms with Gasteiger partial charge in [-0.05, 0) is 15.9 Å². The van der Waals surface area contributed by atoms with Gasteiger partial charge < -0.3 is 4.74 Å². The molecule has 0 fully saturated rings. The maximum atomic E-state index is 5.69. The van der Waals surface area contributed by atoms with Crippen LogP contribution in [0.25, 0.3) is 0 Å². The molecule has 0 aromatic carbocycles. The van der Waals surface area contributed by atoms with Crippen molar-refractivity contribution < 1.29 is 4.74 Å². The van der Waals surface area contributed by atoms with Crippen molar-refractivity contribution in [3.63, 3.8) is 0 Å². The van der Waals surface area contributed by atoms with Gasteiger partial charge in [-0.3, -0.25) is 4.68 Å². The molecule has 1 aromatic rings. The average Bonchev–Trinajstić information content (AvgIpc) is 2.28. The second-order valence-corrected chi connectivity index (χ2v) is 3.24. The third-order valence-corrected chi connectivity index (χ3v) is 2.29. The molecule has 0 atom stereocenters. The number of aromatic nitrogens is 2. The van der Waals surface area contributed by atoms with Crippen molar-refractivity contribution in [2.24, 2.45) is 0 Å². The topological polar surface area (TPSA) is 27.1 Å². The number of rotatable bonds is 3. The van der Waals surface area contributed by atoms with Crippen molar-refractivity contribution in [1.82, 2.24) is 9.78 Å². The first-order chi connectivity index (χ1) is 5.24. The number of ether oxygens (including phenoxy) is 1. The van der Waals surface area contributed by atoms with Gasteiger partial charge in [-0.1, -0.05) is 11.6 Å². The van der Waals surface area contributed by atoms with Crippen LogP contribution in [0, 0.1) is 0 Å². The SMILES string of the molecule is COCCn1cc(Br)c(Cl)n1. The minimum atomic E-state index is 0.487. The molecule has 1 rings (SSSR count). The number of methoxy groups -OCH3 is 1. The molecule has 3 nitrogen and oxygen atoms in total. The van der Waals surface area contributed by atoms with Crippen molar-refractivity contribution >= 4 is 27.5 Å². The Balaban J connectivity index is 2.58. The summed E-state index contributed by atoms with van der Waals surface area (Å²) in [5.41, 5.74) is 0. The minimum Gasteiger partial charge on any atom is -0.383 e. The number of nitrogens with zero attached hydrogens (tertiary/aromatic N) is 2. The maximum Gasteiger partial charge on any atom is 0.165 e. The average molecular weight is 240 g/mol. The van der Waals surface area contributed by atoms with E-state index in [4.69, 9.17) is 16.3 Å². The Labute approximate surface area is 78.4 Å². The highest BCUT2D eigenvalue weighted by atomic mass is 79.9. The monoisotopic (exact) mass is 238 g/mol. The van der Waals surface area contributed by atoms with Crippen LogP contribution in [0.4, 0.5) is 0 Å². The summed E-state index contributed by atoms with van der Waals surface area (Å²) in [4.78, 5) is 0. The predicted molar refractivity (Wildman–Crippen MR) is 46.8 cm³/mol. The van der Waals surface area contributed by atoms with Gasteiger partial charge in [-0.25, -0.2) is 0 Å². The molecular formula is C6H8BrClN2O. The van der Waals surface area contributed by atoms with Gasteiger partial charge in [0.25, 0.3) is 0 Å². The van der Waals surface area contributed by atoms with Crippen molar-refractivity contribution in [2.45, 2.75) is 6.54 Å². The third-order valence-electron chi connectivity index (χ3n) is 1.20. The molecule has 0 unspecified atom stereocenters. The Morgan fingerprint density at radius 2 is 2.55 bits per heavy atom. The lowest BCUT2D eigenvalue weighted by molar-refractivity contribution is 0.183. The summed E-state index contributed by atoms with van der Waals surface area (Å²) < 4.78 is 7.42. The predicted octanol–water partition coefficient (Wildman–Crippen LogP) is 1.95. The van der Waals surface area contributed by atoms with E-state index in [9.17, 15) is 0 Å². The molecule has 0 saturated heterocycles. The van der Waals surface area contributed by atoms with E-state index in [0.717, 1.165) is 11.0 Å². The summed E-state index contributed by atoms with van der Waals surface area (Å²) in [7, 11) is 1.65. The molecule has 0 radical (unpaired) electrons. The van der Waals surface area contributed by atoms with Gasteiger partial charge >= 0.3 is 0 Å². The summed E-state index contributed by atoms with van der Waals surface area (Å²) in [6.07, 6.45) is 1.82. The van der Waals surface area contributed by atoms with E-state index in [1.165, 1.54) is 0 Å². The first kappa shape index (κ1) is 9.03. The van der Waals surface area contributed by atoms with Gasteiger partial charge in [0, 0.05) is 13.3 Å². The van der Waals surface area contributed by atoms with Gasteiger partial charge in [0.2, 0.25) is 0 Å². The molecule has 1 heterocycles. The molecule has 0 N–H and O–H groups in total. The van der Waals surface area contributed by atoms with Crippen molar-refractivity contribution in [1.29, 1.82) is 0 Å². The van der Waals surface area contributed by atoms with E-state index in [1.807, 2.05) is 6.20 Å². The lowest BCUT2D eigenvalue weighted by atomic mass is 10.7. The van der Waals surface area contributed by atoms with E-state index in [0.29, 0.717) is 11.8 Å². The van der Waals surface area contributed by atoms with E-state index in [1.54, 1.807) is 11.8 Å². The summed E-state index contributed by atoms with van der Waals surface area (Å²) in [6, 6.07) is 0. The van der Waals surface area contributed by atoms with Crippen LogP contribution in [0.5, 0.6) is 0 Å². The van der Waals surface area contributed by atoms with Crippen LogP contribution in [0.2, 0.25) is 5.15 Å². The Kier molecular flexibility index (Phi) is 3.36. The van der Waals surface area contributed by atoms with Crippen molar-refractivity contribution in [3.8, 4) is 0 Å². The molecule has 0 aliphatic heterocycles. The summed E-state index contributed by atoms with van der Waals surface area (Å²) in [6.45, 7) is 1.37. The fraction of sp³-hybridized carbons (Fsp3) is 0.500. The second-order valence-electron chi connectivity index (χ2n) is 2.02. The Morgan fingerprint density at radius 1 is 1.82 bits per heavy atom. The van der Waals surface area contributed by atoms with Crippen LogP contribution >= 0.6 is 27.5 Å². The molecule has 0 amide bonds. The summed E-state index contributed by atoms with van der Waals surface area (Å²) >= 11 is 8.94. The largest absolute Gasteiger partial charge is 0.383 e. The zero-order valence-electron chi connectivity index (χ0n) is 6.05. The van der Waals surface area contributed by atoms with Crippen LogP contribution < -0.4 is 0 Å². The highest BCUT2D eigenvalue weighted by Crippen LogP contribution is 2.19. The highest BCUT2D eigenvalue weighted by molar-refractivity contribution is 9.10. The molecule has 0 saturated carbocycles. The Hall–Kier alpha value is -0.0600. The van der Waals surface area contributed by atoms with E-state index >= 15 is 0 Å². The zero-order chi connectivity index (χ0) is 8.27. The van der Waals surface area contributed by atoms with E-state index in [-0.39, 0.29) is 0 Å². The molecule has 5 heteroatoms. The molecule has 11 heavy (non-hydrogen) atoms. The smallest absolute Gasteiger partial charge is 0.165 e. The Morgan fingerprint density at radius 3 is 3.00 bits per heavy atom. The fourth-order valence-electron chi connectivity index (χ4n) is 0.673. The van der Waals surface area contributed by atoms with Gasteiger partial charge in [0.1, 0.15) is 0 Å². The van der Waals surface area contributed by atoms with Crippen LogP contribution in [-0.2, 0) is 11.3 Å². The van der Waals surface area contributed by atoms with E-state index < -0.39 is 0 Å². The Bertz CT molecular complexity index is 219. The molecular weight excluding hydrogens is 231 g/mol. The van der Waals surface area contributed by atoms with Crippen molar-refractivity contribution in [2.75, 3.05) is 13.7 Å². The first-order valence-electron chi connectivity index (χ1n) is 3.11. The minimum absolute atomic E-state index is 0.487. The van der Waals surface area contributed by atoms with E-state index in [2.05, 4.69) is 21.0 Å². The number of hydrogen-bond donors (Lipinski definition) is 0. The molecule has 0 aliphatic carbocycles. The van der Waals surface area contributed by atoms with Gasteiger partial charge in [-0.2, -0.15) is 5.10 Å². The normalized spacial score (nSPS) is 10.5. The standard InChI is InChI=1S/C6H8BrClN2O/c1-11-3-2-10-4-5(7)6(8)9-10/h4H,2-3H2,1H3. The van der Waals surface area contributed by atoms with Gasteiger partial charge in [0.15, 0.2) is 5.15 Å². The van der Waals surface area contributed by atoms with Crippen LogP contribution in [0.3, 0.4) is 0 Å². The van der Waals surface area contributed by atoms with Crippen LogP contribution in [-0.4, -0.2) is 23.5 Å². The highest BCUT2D eigenvalue weighted by Gasteiger charge is 2.01. The second kappa shape index (κ2) is 4.09. The number of hydrogen-bond acceptors (Lipinski definition) is 2. The number of halogens is 2. The summed E-state index contributed by atoms with van der Waals surface area (Å²) in [5, 5.41) is 4.49. The first-order valence-corrected chi connectivity index (χ1v) is 4.28. The molecule has 0 aliphatic rings. The quantitative estimate of drug-likeness (QED) is 0.806. The maximum absolute atomic E-state index is 5.69. The van der Waals surface area contributed by atoms with Crippen LogP contribution in [0.15, 0.2) is 10.7 Å². The van der Waals surface area contributed by atoms with Gasteiger partial charge in [-0.15, -0.1) is 0 Å². The fourth-order valence-corrected chi connectivity index (χ4v) is 1.13. The van der Waals surface area contributed by atoms with Crippen molar-refractivity contribution in [3.05, 3.63) is 15.8 Å². The van der Waals surface area contributed by atoms with Gasteiger partial charge in [0.05, 0.1) is 17.6 Å². The lowest BCUT2D eigenvalue weighted by Gasteiger charge is -1.97. The third kappa shape index (κ3) is 2.47. The molecule has 62 valence electrons. The molecule has 1 aromatic heterocycles.